The minimum Gasteiger partial charge on any atom is -0.497 e. The van der Waals surface area contributed by atoms with Crippen LogP contribution in [0.25, 0.3) is 0 Å². The zero-order valence-electron chi connectivity index (χ0n) is 18.3. The van der Waals surface area contributed by atoms with Crippen molar-refractivity contribution in [2.24, 2.45) is 5.73 Å². The van der Waals surface area contributed by atoms with E-state index >= 15 is 0 Å². The molecule has 0 saturated carbocycles. The van der Waals surface area contributed by atoms with E-state index < -0.39 is 0 Å². The maximum absolute atomic E-state index is 6.38. The van der Waals surface area contributed by atoms with E-state index in [0.717, 1.165) is 41.8 Å². The van der Waals surface area contributed by atoms with Gasteiger partial charge in [0.2, 0.25) is 0 Å². The Kier molecular flexibility index (Phi) is 7.57. The molecule has 1 saturated heterocycles. The Balaban J connectivity index is 1.67. The van der Waals surface area contributed by atoms with E-state index in [1.165, 1.54) is 36.9 Å². The van der Waals surface area contributed by atoms with Crippen molar-refractivity contribution in [3.63, 3.8) is 0 Å². The van der Waals surface area contributed by atoms with Crippen molar-refractivity contribution in [1.29, 1.82) is 0 Å². The molecule has 2 atom stereocenters. The molecule has 2 unspecified atom stereocenters. The van der Waals surface area contributed by atoms with Crippen LogP contribution >= 0.6 is 0 Å². The van der Waals surface area contributed by atoms with Gasteiger partial charge in [0.1, 0.15) is 11.5 Å². The summed E-state index contributed by atoms with van der Waals surface area (Å²) in [4.78, 5) is 0. The summed E-state index contributed by atoms with van der Waals surface area (Å²) in [5.74, 6) is 1.84. The van der Waals surface area contributed by atoms with E-state index in [1.807, 2.05) is 0 Å². The number of nitrogens with zero attached hydrogens (tertiary/aromatic N) is 1. The largest absolute Gasteiger partial charge is 0.497 e. The topological polar surface area (TPSA) is 44.5 Å². The highest BCUT2D eigenvalue weighted by atomic mass is 16.5. The number of methoxy groups -OCH3 is 2. The lowest BCUT2D eigenvalue weighted by atomic mass is 9.92. The number of likely N-dealkylation sites (N-methyl/N-ethyl adjacent to an activating group) is 1. The van der Waals surface area contributed by atoms with Gasteiger partial charge in [-0.25, -0.2) is 0 Å². The fourth-order valence-electron chi connectivity index (χ4n) is 4.78. The molecule has 3 rings (SSSR count). The van der Waals surface area contributed by atoms with Crippen LogP contribution in [0.3, 0.4) is 0 Å². The van der Waals surface area contributed by atoms with Gasteiger partial charge in [-0.15, -0.1) is 0 Å². The number of likely N-dealkylation sites (tertiary alicyclic amines) is 1. The first-order valence-corrected chi connectivity index (χ1v) is 10.9. The lowest BCUT2D eigenvalue weighted by molar-refractivity contribution is -0.939. The molecule has 2 N–H and O–H groups in total. The van der Waals surface area contributed by atoms with Gasteiger partial charge in [0.25, 0.3) is 0 Å². The molecule has 1 aliphatic rings. The molecular weight excluding hydrogens is 360 g/mol. The van der Waals surface area contributed by atoms with Crippen LogP contribution in [0.4, 0.5) is 0 Å². The molecule has 1 aliphatic heterocycles. The third kappa shape index (κ3) is 5.97. The maximum Gasteiger partial charge on any atom is 0.118 e. The van der Waals surface area contributed by atoms with Gasteiger partial charge < -0.3 is 19.7 Å². The van der Waals surface area contributed by atoms with Gasteiger partial charge in [-0.05, 0) is 61.1 Å². The molecule has 0 aromatic heterocycles. The summed E-state index contributed by atoms with van der Waals surface area (Å²) in [7, 11) is 5.86. The molecule has 0 radical (unpaired) electrons. The van der Waals surface area contributed by atoms with E-state index in [4.69, 9.17) is 15.2 Å². The van der Waals surface area contributed by atoms with Crippen molar-refractivity contribution in [1.82, 2.24) is 0 Å². The first-order valence-electron chi connectivity index (χ1n) is 10.9. The molecular formula is C25H37N2O2+. The Labute approximate surface area is 176 Å². The summed E-state index contributed by atoms with van der Waals surface area (Å²) >= 11 is 0. The van der Waals surface area contributed by atoms with Gasteiger partial charge in [-0.3, -0.25) is 0 Å². The Morgan fingerprint density at radius 1 is 0.897 bits per heavy atom. The summed E-state index contributed by atoms with van der Waals surface area (Å²) in [6.45, 7) is 2.33. The molecule has 0 aliphatic carbocycles. The molecule has 4 heteroatoms. The van der Waals surface area contributed by atoms with Gasteiger partial charge in [-0.1, -0.05) is 24.3 Å². The highest BCUT2D eigenvalue weighted by molar-refractivity contribution is 5.28. The van der Waals surface area contributed by atoms with Gasteiger partial charge in [0.05, 0.1) is 46.4 Å². The number of rotatable bonds is 9. The number of benzene rings is 2. The van der Waals surface area contributed by atoms with Crippen LogP contribution in [0.2, 0.25) is 0 Å². The summed E-state index contributed by atoms with van der Waals surface area (Å²) < 4.78 is 11.7. The van der Waals surface area contributed by atoms with Crippen molar-refractivity contribution in [3.8, 4) is 11.5 Å². The molecule has 29 heavy (non-hydrogen) atoms. The Morgan fingerprint density at radius 2 is 1.38 bits per heavy atom. The van der Waals surface area contributed by atoms with Crippen LogP contribution < -0.4 is 15.2 Å². The second-order valence-corrected chi connectivity index (χ2v) is 8.72. The molecule has 2 aromatic rings. The maximum atomic E-state index is 6.38. The zero-order valence-corrected chi connectivity index (χ0v) is 18.3. The summed E-state index contributed by atoms with van der Waals surface area (Å²) in [5.41, 5.74) is 9.15. The van der Waals surface area contributed by atoms with Crippen molar-refractivity contribution < 1.29 is 14.0 Å². The van der Waals surface area contributed by atoms with E-state index in [9.17, 15) is 0 Å². The van der Waals surface area contributed by atoms with Crippen molar-refractivity contribution in [3.05, 3.63) is 59.7 Å². The standard InChI is InChI=1S/C25H37N2O2/c1-27(18-4-5-22(26)19-27)23(12-6-20-8-14-24(28-2)15-9-20)13-7-21-10-16-25(29-3)17-11-21/h8-11,14-17,22-23H,4-7,12-13,18-19,26H2,1-3H3/q+1. The number of piperidine rings is 1. The Morgan fingerprint density at radius 3 is 1.79 bits per heavy atom. The predicted molar refractivity (Wildman–Crippen MR) is 120 cm³/mol. The third-order valence-electron chi connectivity index (χ3n) is 6.63. The fourth-order valence-corrected chi connectivity index (χ4v) is 4.78. The minimum atomic E-state index is 0.332. The van der Waals surface area contributed by atoms with Crippen LogP contribution in [0.1, 0.15) is 36.8 Å². The predicted octanol–water partition coefficient (Wildman–Crippen LogP) is 4.21. The van der Waals surface area contributed by atoms with Crippen molar-refractivity contribution >= 4 is 0 Å². The number of nitrogens with two attached hydrogens (primary N) is 1. The smallest absolute Gasteiger partial charge is 0.118 e. The monoisotopic (exact) mass is 397 g/mol. The first kappa shape index (κ1) is 21.7. The van der Waals surface area contributed by atoms with Gasteiger partial charge in [0.15, 0.2) is 0 Å². The third-order valence-corrected chi connectivity index (χ3v) is 6.63. The van der Waals surface area contributed by atoms with E-state index in [-0.39, 0.29) is 0 Å². The van der Waals surface area contributed by atoms with E-state index in [2.05, 4.69) is 55.6 Å². The number of hydrogen-bond acceptors (Lipinski definition) is 3. The van der Waals surface area contributed by atoms with Gasteiger partial charge in [0, 0.05) is 12.8 Å². The van der Waals surface area contributed by atoms with Gasteiger partial charge in [-0.2, -0.15) is 0 Å². The van der Waals surface area contributed by atoms with Crippen LogP contribution in [0.5, 0.6) is 11.5 Å². The van der Waals surface area contributed by atoms with Gasteiger partial charge >= 0.3 is 0 Å². The highest BCUT2D eigenvalue weighted by Crippen LogP contribution is 2.27. The molecule has 1 fully saturated rings. The van der Waals surface area contributed by atoms with Crippen LogP contribution in [0, 0.1) is 0 Å². The summed E-state index contributed by atoms with van der Waals surface area (Å²) in [6.07, 6.45) is 6.97. The second-order valence-electron chi connectivity index (χ2n) is 8.72. The van der Waals surface area contributed by atoms with Crippen molar-refractivity contribution in [2.75, 3.05) is 34.4 Å². The molecule has 0 spiro atoms. The molecule has 0 amide bonds. The lowest BCUT2D eigenvalue weighted by Gasteiger charge is -2.46. The van der Waals surface area contributed by atoms with Crippen LogP contribution in [-0.2, 0) is 12.8 Å². The average Bonchev–Trinajstić information content (AvgIpc) is 2.74. The average molecular weight is 398 g/mol. The Hall–Kier alpha value is -2.04. The molecule has 2 aromatic carbocycles. The number of quaternary nitrogens is 1. The molecule has 158 valence electrons. The van der Waals surface area contributed by atoms with E-state index in [1.54, 1.807) is 14.2 Å². The minimum absolute atomic E-state index is 0.332. The lowest BCUT2D eigenvalue weighted by Crippen LogP contribution is -2.60. The Bertz CT molecular complexity index is 693. The molecule has 1 heterocycles. The summed E-state index contributed by atoms with van der Waals surface area (Å²) in [5, 5.41) is 0. The highest BCUT2D eigenvalue weighted by Gasteiger charge is 2.36. The molecule has 0 bridgehead atoms. The number of hydrogen-bond donors (Lipinski definition) is 1. The van der Waals surface area contributed by atoms with Crippen molar-refractivity contribution in [2.45, 2.75) is 50.6 Å². The zero-order chi connectivity index (χ0) is 20.7. The van der Waals surface area contributed by atoms with Crippen LogP contribution in [-0.4, -0.2) is 50.9 Å². The number of aryl methyl sites for hydroxylation is 2. The second kappa shape index (κ2) is 10.1. The van der Waals surface area contributed by atoms with Crippen LogP contribution in [0.15, 0.2) is 48.5 Å². The molecule has 4 nitrogen and oxygen atoms in total. The quantitative estimate of drug-likeness (QED) is 0.645. The normalized spacial score (nSPS) is 21.9. The van der Waals surface area contributed by atoms with E-state index in [0.29, 0.717) is 12.1 Å². The first-order chi connectivity index (χ1) is 14.0. The number of ether oxygens (including phenoxy) is 2. The fraction of sp³-hybridized carbons (Fsp3) is 0.520. The SMILES string of the molecule is COc1ccc(CCC(CCc2ccc(OC)cc2)[N+]2(C)CCCC(N)C2)cc1. The summed E-state index contributed by atoms with van der Waals surface area (Å²) in [6, 6.07) is 18.0.